The molecule has 2 aromatic rings. The predicted molar refractivity (Wildman–Crippen MR) is 73.1 cm³/mol. The smallest absolute Gasteiger partial charge is 0.254 e. The van der Waals surface area contributed by atoms with Crippen molar-refractivity contribution in [2.24, 2.45) is 11.8 Å². The van der Waals surface area contributed by atoms with Gasteiger partial charge in [-0.15, -0.1) is 0 Å². The standard InChI is InChI=1S/C14H17N5/c1-10-6-13(19-14(17-10)15-9-16-19)18-7-11-4-2-3-5-12(11)8-18/h2-3,6,9,11-12H,4-5,7-8H2,1H3. The zero-order valence-electron chi connectivity index (χ0n) is 11.0. The minimum absolute atomic E-state index is 0.697. The maximum Gasteiger partial charge on any atom is 0.254 e. The lowest BCUT2D eigenvalue weighted by molar-refractivity contribution is 0.411. The zero-order valence-corrected chi connectivity index (χ0v) is 11.0. The normalized spacial score (nSPS) is 26.1. The van der Waals surface area contributed by atoms with E-state index >= 15 is 0 Å². The monoisotopic (exact) mass is 255 g/mol. The van der Waals surface area contributed by atoms with Crippen LogP contribution in [0.2, 0.25) is 0 Å². The second-order valence-electron chi connectivity index (χ2n) is 5.60. The second-order valence-corrected chi connectivity index (χ2v) is 5.60. The van der Waals surface area contributed by atoms with Crippen molar-refractivity contribution in [3.8, 4) is 0 Å². The summed E-state index contributed by atoms with van der Waals surface area (Å²) in [6.07, 6.45) is 8.66. The molecule has 19 heavy (non-hydrogen) atoms. The van der Waals surface area contributed by atoms with Crippen LogP contribution in [0.4, 0.5) is 5.82 Å². The molecule has 3 heterocycles. The van der Waals surface area contributed by atoms with E-state index < -0.39 is 0 Å². The molecule has 2 atom stereocenters. The molecule has 1 aliphatic heterocycles. The fourth-order valence-corrected chi connectivity index (χ4v) is 3.34. The molecular formula is C14H17N5. The maximum atomic E-state index is 4.41. The lowest BCUT2D eigenvalue weighted by atomic mass is 9.86. The summed E-state index contributed by atoms with van der Waals surface area (Å²) < 4.78 is 1.86. The quantitative estimate of drug-likeness (QED) is 0.729. The first-order valence-electron chi connectivity index (χ1n) is 6.88. The van der Waals surface area contributed by atoms with Gasteiger partial charge in [0.05, 0.1) is 0 Å². The third-order valence-electron chi connectivity index (χ3n) is 4.31. The van der Waals surface area contributed by atoms with Crippen molar-refractivity contribution in [2.75, 3.05) is 18.0 Å². The molecule has 0 bridgehead atoms. The number of aryl methyl sites for hydroxylation is 1. The molecule has 1 saturated heterocycles. The van der Waals surface area contributed by atoms with Crippen LogP contribution in [0.15, 0.2) is 24.5 Å². The van der Waals surface area contributed by atoms with Gasteiger partial charge in [0.1, 0.15) is 12.1 Å². The van der Waals surface area contributed by atoms with E-state index in [-0.39, 0.29) is 0 Å². The summed E-state index contributed by atoms with van der Waals surface area (Å²) in [6, 6.07) is 2.12. The van der Waals surface area contributed by atoms with Gasteiger partial charge in [-0.3, -0.25) is 0 Å². The molecule has 0 radical (unpaired) electrons. The Hall–Kier alpha value is -1.91. The van der Waals surface area contributed by atoms with Gasteiger partial charge in [0.25, 0.3) is 5.78 Å². The molecule has 2 unspecified atom stereocenters. The minimum atomic E-state index is 0.697. The van der Waals surface area contributed by atoms with Gasteiger partial charge >= 0.3 is 0 Å². The first kappa shape index (κ1) is 11.0. The van der Waals surface area contributed by atoms with E-state index in [9.17, 15) is 0 Å². The molecule has 2 aliphatic rings. The van der Waals surface area contributed by atoms with E-state index in [1.165, 1.54) is 12.8 Å². The molecule has 0 saturated carbocycles. The number of anilines is 1. The van der Waals surface area contributed by atoms with E-state index in [0.29, 0.717) is 5.78 Å². The Bertz CT molecular complexity index is 628. The summed E-state index contributed by atoms with van der Waals surface area (Å²) >= 11 is 0. The van der Waals surface area contributed by atoms with Gasteiger partial charge < -0.3 is 4.90 Å². The highest BCUT2D eigenvalue weighted by Gasteiger charge is 2.33. The van der Waals surface area contributed by atoms with Crippen LogP contribution in [-0.4, -0.2) is 32.7 Å². The fraction of sp³-hybridized carbons (Fsp3) is 0.500. The summed E-state index contributed by atoms with van der Waals surface area (Å²) in [6.45, 7) is 4.25. The lowest BCUT2D eigenvalue weighted by Gasteiger charge is -2.19. The molecule has 0 aromatic carbocycles. The van der Waals surface area contributed by atoms with Gasteiger partial charge in [0.15, 0.2) is 0 Å². The maximum absolute atomic E-state index is 4.41. The predicted octanol–water partition coefficient (Wildman–Crippen LogP) is 1.84. The van der Waals surface area contributed by atoms with E-state index in [4.69, 9.17) is 0 Å². The first-order chi connectivity index (χ1) is 9.31. The van der Waals surface area contributed by atoms with Crippen LogP contribution in [0.5, 0.6) is 0 Å². The molecule has 5 heteroatoms. The largest absolute Gasteiger partial charge is 0.356 e. The number of rotatable bonds is 1. The Morgan fingerprint density at radius 1 is 1.16 bits per heavy atom. The first-order valence-corrected chi connectivity index (χ1v) is 6.88. The van der Waals surface area contributed by atoms with E-state index in [2.05, 4.69) is 38.2 Å². The summed E-state index contributed by atoms with van der Waals surface area (Å²) in [5.74, 6) is 3.41. The van der Waals surface area contributed by atoms with Crippen molar-refractivity contribution in [1.29, 1.82) is 0 Å². The van der Waals surface area contributed by atoms with E-state index in [1.54, 1.807) is 6.33 Å². The van der Waals surface area contributed by atoms with E-state index in [0.717, 1.165) is 36.4 Å². The van der Waals surface area contributed by atoms with Crippen molar-refractivity contribution in [2.45, 2.75) is 19.8 Å². The average Bonchev–Trinajstić information content (AvgIpc) is 3.03. The van der Waals surface area contributed by atoms with Gasteiger partial charge in [0.2, 0.25) is 0 Å². The Morgan fingerprint density at radius 2 is 1.89 bits per heavy atom. The Kier molecular flexibility index (Phi) is 2.33. The number of hydrogen-bond donors (Lipinski definition) is 0. The highest BCUT2D eigenvalue weighted by Crippen LogP contribution is 2.35. The van der Waals surface area contributed by atoms with Crippen LogP contribution >= 0.6 is 0 Å². The number of allylic oxidation sites excluding steroid dienone is 2. The van der Waals surface area contributed by atoms with Gasteiger partial charge in [-0.1, -0.05) is 12.2 Å². The van der Waals surface area contributed by atoms with Gasteiger partial charge in [-0.05, 0) is 31.6 Å². The van der Waals surface area contributed by atoms with Crippen molar-refractivity contribution in [3.05, 3.63) is 30.2 Å². The fourth-order valence-electron chi connectivity index (χ4n) is 3.34. The molecule has 2 aromatic heterocycles. The second kappa shape index (κ2) is 4.05. The summed E-state index contributed by atoms with van der Waals surface area (Å²) in [4.78, 5) is 11.1. The number of nitrogens with zero attached hydrogens (tertiary/aromatic N) is 5. The molecule has 4 rings (SSSR count). The van der Waals surface area contributed by atoms with E-state index in [1.807, 2.05) is 11.4 Å². The van der Waals surface area contributed by atoms with Crippen LogP contribution in [-0.2, 0) is 0 Å². The highest BCUT2D eigenvalue weighted by atomic mass is 15.4. The third kappa shape index (κ3) is 1.72. The SMILES string of the molecule is Cc1cc(N2CC3CC=CCC3C2)n2ncnc2n1. The Balaban J connectivity index is 1.73. The molecular weight excluding hydrogens is 238 g/mol. The Morgan fingerprint density at radius 3 is 2.63 bits per heavy atom. The number of aromatic nitrogens is 4. The molecule has 1 fully saturated rings. The van der Waals surface area contributed by atoms with Crippen LogP contribution < -0.4 is 4.90 Å². The molecule has 0 N–H and O–H groups in total. The third-order valence-corrected chi connectivity index (χ3v) is 4.31. The number of fused-ring (bicyclic) bond motifs is 2. The van der Waals surface area contributed by atoms with Crippen molar-refractivity contribution >= 4 is 11.6 Å². The van der Waals surface area contributed by atoms with Crippen LogP contribution in [0.25, 0.3) is 5.78 Å². The van der Waals surface area contributed by atoms with Gasteiger partial charge in [0, 0.05) is 24.8 Å². The molecule has 0 spiro atoms. The van der Waals surface area contributed by atoms with Crippen LogP contribution in [0, 0.1) is 18.8 Å². The molecule has 0 amide bonds. The van der Waals surface area contributed by atoms with Crippen LogP contribution in [0.1, 0.15) is 18.5 Å². The zero-order chi connectivity index (χ0) is 12.8. The highest BCUT2D eigenvalue weighted by molar-refractivity contribution is 5.48. The Labute approximate surface area is 112 Å². The topological polar surface area (TPSA) is 46.3 Å². The number of hydrogen-bond acceptors (Lipinski definition) is 4. The van der Waals surface area contributed by atoms with Crippen molar-refractivity contribution in [3.63, 3.8) is 0 Å². The van der Waals surface area contributed by atoms with Crippen LogP contribution in [0.3, 0.4) is 0 Å². The molecule has 98 valence electrons. The summed E-state index contributed by atoms with van der Waals surface area (Å²) in [5, 5.41) is 4.31. The van der Waals surface area contributed by atoms with Crippen molar-refractivity contribution in [1.82, 2.24) is 19.6 Å². The summed E-state index contributed by atoms with van der Waals surface area (Å²) in [5.41, 5.74) is 1.00. The molecule has 1 aliphatic carbocycles. The van der Waals surface area contributed by atoms with Crippen molar-refractivity contribution < 1.29 is 0 Å². The van der Waals surface area contributed by atoms with Gasteiger partial charge in [-0.2, -0.15) is 14.6 Å². The minimum Gasteiger partial charge on any atom is -0.356 e. The molecule has 5 nitrogen and oxygen atoms in total. The lowest BCUT2D eigenvalue weighted by Crippen LogP contribution is -2.23. The van der Waals surface area contributed by atoms with Gasteiger partial charge in [-0.25, -0.2) is 4.98 Å². The average molecular weight is 255 g/mol. The summed E-state index contributed by atoms with van der Waals surface area (Å²) in [7, 11) is 0.